The molecule has 2 heteroatoms. The first-order valence-electron chi connectivity index (χ1n) is 7.55. The summed E-state index contributed by atoms with van der Waals surface area (Å²) in [5.41, 5.74) is 2.69. The molecule has 2 nitrogen and oxygen atoms in total. The SMILES string of the molecule is CCCC(C)COCC(NC)c1ccc(CC)cc1. The Morgan fingerprint density at radius 2 is 1.79 bits per heavy atom. The molecule has 0 aliphatic rings. The standard InChI is InChI=1S/C17H29NO/c1-5-7-14(3)12-19-13-17(18-4)16-10-8-15(6-2)9-11-16/h8-11,14,17-18H,5-7,12-13H2,1-4H3. The summed E-state index contributed by atoms with van der Waals surface area (Å²) in [5.74, 6) is 0.657. The molecule has 1 N–H and O–H groups in total. The molecular weight excluding hydrogens is 234 g/mol. The molecule has 1 rings (SSSR count). The lowest BCUT2D eigenvalue weighted by Gasteiger charge is -2.19. The molecule has 0 heterocycles. The highest BCUT2D eigenvalue weighted by atomic mass is 16.5. The number of hydrogen-bond acceptors (Lipinski definition) is 2. The van der Waals surface area contributed by atoms with Crippen molar-refractivity contribution in [1.29, 1.82) is 0 Å². The number of aryl methyl sites for hydroxylation is 1. The third-order valence-electron chi connectivity index (χ3n) is 3.61. The summed E-state index contributed by atoms with van der Waals surface area (Å²) in [6.07, 6.45) is 3.57. The highest BCUT2D eigenvalue weighted by Gasteiger charge is 2.10. The van der Waals surface area contributed by atoms with Crippen LogP contribution in [0.3, 0.4) is 0 Å². The van der Waals surface area contributed by atoms with Crippen LogP contribution in [0.1, 0.15) is 50.8 Å². The normalized spacial score (nSPS) is 14.3. The van der Waals surface area contributed by atoms with Crippen molar-refractivity contribution in [3.05, 3.63) is 35.4 Å². The molecule has 19 heavy (non-hydrogen) atoms. The minimum atomic E-state index is 0.291. The maximum Gasteiger partial charge on any atom is 0.0661 e. The van der Waals surface area contributed by atoms with Crippen molar-refractivity contribution in [3.8, 4) is 0 Å². The molecule has 2 atom stereocenters. The zero-order valence-electron chi connectivity index (χ0n) is 12.9. The van der Waals surface area contributed by atoms with Crippen LogP contribution in [0, 0.1) is 5.92 Å². The van der Waals surface area contributed by atoms with E-state index in [0.29, 0.717) is 12.0 Å². The predicted molar refractivity (Wildman–Crippen MR) is 82.5 cm³/mol. The van der Waals surface area contributed by atoms with Gasteiger partial charge in [-0.1, -0.05) is 51.5 Å². The maximum absolute atomic E-state index is 5.85. The molecule has 0 amide bonds. The summed E-state index contributed by atoms with van der Waals surface area (Å²) in [5, 5.41) is 3.34. The average molecular weight is 263 g/mol. The van der Waals surface area contributed by atoms with Gasteiger partial charge in [0.05, 0.1) is 12.6 Å². The second-order valence-corrected chi connectivity index (χ2v) is 5.37. The molecule has 0 spiro atoms. The summed E-state index contributed by atoms with van der Waals surface area (Å²) in [6, 6.07) is 9.12. The number of benzene rings is 1. The Labute approximate surface area is 118 Å². The van der Waals surface area contributed by atoms with Gasteiger partial charge >= 0.3 is 0 Å². The lowest BCUT2D eigenvalue weighted by atomic mass is 10.0. The Morgan fingerprint density at radius 1 is 1.11 bits per heavy atom. The number of hydrogen-bond donors (Lipinski definition) is 1. The van der Waals surface area contributed by atoms with Crippen LogP contribution in [0.15, 0.2) is 24.3 Å². The molecule has 0 aliphatic carbocycles. The molecule has 0 bridgehead atoms. The van der Waals surface area contributed by atoms with E-state index in [9.17, 15) is 0 Å². The first-order valence-corrected chi connectivity index (χ1v) is 7.55. The molecule has 0 saturated carbocycles. The van der Waals surface area contributed by atoms with Crippen molar-refractivity contribution in [2.24, 2.45) is 5.92 Å². The average Bonchev–Trinajstić information content (AvgIpc) is 2.44. The van der Waals surface area contributed by atoms with Crippen molar-refractivity contribution in [3.63, 3.8) is 0 Å². The Bertz CT molecular complexity index is 334. The molecule has 0 fully saturated rings. The second-order valence-electron chi connectivity index (χ2n) is 5.37. The van der Waals surface area contributed by atoms with Crippen LogP contribution >= 0.6 is 0 Å². The minimum Gasteiger partial charge on any atom is -0.379 e. The lowest BCUT2D eigenvalue weighted by Crippen LogP contribution is -2.23. The second kappa shape index (κ2) is 9.11. The first kappa shape index (κ1) is 16.2. The van der Waals surface area contributed by atoms with Crippen molar-refractivity contribution < 1.29 is 4.74 Å². The third kappa shape index (κ3) is 5.75. The van der Waals surface area contributed by atoms with Crippen molar-refractivity contribution in [2.75, 3.05) is 20.3 Å². The molecule has 108 valence electrons. The van der Waals surface area contributed by atoms with E-state index >= 15 is 0 Å². The molecule has 0 saturated heterocycles. The Morgan fingerprint density at radius 3 is 2.32 bits per heavy atom. The van der Waals surface area contributed by atoms with Gasteiger partial charge in [0.2, 0.25) is 0 Å². The maximum atomic E-state index is 5.85. The fourth-order valence-electron chi connectivity index (χ4n) is 2.30. The molecule has 0 radical (unpaired) electrons. The topological polar surface area (TPSA) is 21.3 Å². The van der Waals surface area contributed by atoms with E-state index in [2.05, 4.69) is 50.4 Å². The van der Waals surface area contributed by atoms with Crippen LogP contribution < -0.4 is 5.32 Å². The summed E-state index contributed by atoms with van der Waals surface area (Å²) in [6.45, 7) is 8.27. The van der Waals surface area contributed by atoms with Crippen LogP contribution in [0.25, 0.3) is 0 Å². The van der Waals surface area contributed by atoms with Crippen molar-refractivity contribution >= 4 is 0 Å². The van der Waals surface area contributed by atoms with Crippen LogP contribution in [0.4, 0.5) is 0 Å². The summed E-state index contributed by atoms with van der Waals surface area (Å²) >= 11 is 0. The Balaban J connectivity index is 2.43. The largest absolute Gasteiger partial charge is 0.379 e. The zero-order chi connectivity index (χ0) is 14.1. The van der Waals surface area contributed by atoms with E-state index in [1.807, 2.05) is 7.05 Å². The molecule has 0 aromatic heterocycles. The number of likely N-dealkylation sites (N-methyl/N-ethyl adjacent to an activating group) is 1. The van der Waals surface area contributed by atoms with Crippen LogP contribution in [-0.4, -0.2) is 20.3 Å². The van der Waals surface area contributed by atoms with Gasteiger partial charge in [0.25, 0.3) is 0 Å². The highest BCUT2D eigenvalue weighted by Crippen LogP contribution is 2.15. The van der Waals surface area contributed by atoms with E-state index in [1.165, 1.54) is 24.0 Å². The lowest BCUT2D eigenvalue weighted by molar-refractivity contribution is 0.0849. The number of ether oxygens (including phenoxy) is 1. The smallest absolute Gasteiger partial charge is 0.0661 e. The molecule has 2 unspecified atom stereocenters. The zero-order valence-corrected chi connectivity index (χ0v) is 12.9. The van der Waals surface area contributed by atoms with E-state index in [4.69, 9.17) is 4.74 Å². The van der Waals surface area contributed by atoms with Gasteiger partial charge in [0.15, 0.2) is 0 Å². The van der Waals surface area contributed by atoms with Crippen molar-refractivity contribution in [2.45, 2.75) is 46.1 Å². The fraction of sp³-hybridized carbons (Fsp3) is 0.647. The van der Waals surface area contributed by atoms with Gasteiger partial charge in [-0.3, -0.25) is 0 Å². The molecular formula is C17H29NO. The van der Waals surface area contributed by atoms with Crippen molar-refractivity contribution in [1.82, 2.24) is 5.32 Å². The van der Waals surface area contributed by atoms with Gasteiger partial charge in [-0.05, 0) is 36.9 Å². The Kier molecular flexibility index (Phi) is 7.76. The van der Waals surface area contributed by atoms with Crippen LogP contribution in [0.5, 0.6) is 0 Å². The van der Waals surface area contributed by atoms with Gasteiger partial charge in [0, 0.05) is 6.61 Å². The minimum absolute atomic E-state index is 0.291. The highest BCUT2D eigenvalue weighted by molar-refractivity contribution is 5.25. The predicted octanol–water partition coefficient (Wildman–Crippen LogP) is 3.96. The van der Waals surface area contributed by atoms with E-state index in [1.54, 1.807) is 0 Å². The summed E-state index contributed by atoms with van der Waals surface area (Å²) in [7, 11) is 2.00. The van der Waals surface area contributed by atoms with Gasteiger partial charge < -0.3 is 10.1 Å². The quantitative estimate of drug-likeness (QED) is 0.728. The van der Waals surface area contributed by atoms with Gasteiger partial charge in [-0.25, -0.2) is 0 Å². The van der Waals surface area contributed by atoms with Gasteiger partial charge in [-0.15, -0.1) is 0 Å². The third-order valence-corrected chi connectivity index (χ3v) is 3.61. The van der Waals surface area contributed by atoms with Gasteiger partial charge in [-0.2, -0.15) is 0 Å². The van der Waals surface area contributed by atoms with Crippen LogP contribution in [-0.2, 0) is 11.2 Å². The fourth-order valence-corrected chi connectivity index (χ4v) is 2.30. The number of nitrogens with one attached hydrogen (secondary N) is 1. The molecule has 1 aromatic rings. The van der Waals surface area contributed by atoms with Gasteiger partial charge in [0.1, 0.15) is 0 Å². The summed E-state index contributed by atoms with van der Waals surface area (Å²) < 4.78 is 5.85. The summed E-state index contributed by atoms with van der Waals surface area (Å²) in [4.78, 5) is 0. The number of rotatable bonds is 9. The van der Waals surface area contributed by atoms with E-state index in [-0.39, 0.29) is 0 Å². The molecule has 0 aliphatic heterocycles. The van der Waals surface area contributed by atoms with E-state index < -0.39 is 0 Å². The monoisotopic (exact) mass is 263 g/mol. The van der Waals surface area contributed by atoms with E-state index in [0.717, 1.165) is 19.6 Å². The first-order chi connectivity index (χ1) is 9.21. The Hall–Kier alpha value is -0.860. The van der Waals surface area contributed by atoms with Crippen LogP contribution in [0.2, 0.25) is 0 Å². The molecule has 1 aromatic carbocycles.